The number of carbonyl (C=O) groups is 1. The van der Waals surface area contributed by atoms with Crippen LogP contribution in [0, 0.1) is 0 Å². The molecule has 1 N–H and O–H groups in total. The first kappa shape index (κ1) is 13.3. The minimum absolute atomic E-state index is 0.0730. The van der Waals surface area contributed by atoms with Gasteiger partial charge in [-0.25, -0.2) is 9.48 Å². The predicted octanol–water partition coefficient (Wildman–Crippen LogP) is 3.04. The molecule has 0 aliphatic heterocycles. The van der Waals surface area contributed by atoms with Crippen molar-refractivity contribution in [3.05, 3.63) is 46.2 Å². The molecule has 19 heavy (non-hydrogen) atoms. The molecule has 0 atom stereocenters. The Morgan fingerprint density at radius 1 is 1.32 bits per heavy atom. The van der Waals surface area contributed by atoms with Crippen molar-refractivity contribution >= 4 is 23.6 Å². The monoisotopic (exact) mass is 277 g/mol. The zero-order valence-electron chi connectivity index (χ0n) is 10.5. The standard InChI is InChI=1S/C13H12ClN3O2/c1-8(2)7-11-12(13(18)19)15-16-17(11)10-5-3-9(14)4-6-10/h3-7H,1-2H3,(H,18,19). The summed E-state index contributed by atoms with van der Waals surface area (Å²) >= 11 is 5.83. The van der Waals surface area contributed by atoms with Crippen molar-refractivity contribution in [3.8, 4) is 5.69 Å². The van der Waals surface area contributed by atoms with Gasteiger partial charge in [-0.05, 0) is 44.2 Å². The molecule has 0 amide bonds. The molecule has 2 rings (SSSR count). The fraction of sp³-hybridized carbons (Fsp3) is 0.154. The Morgan fingerprint density at radius 3 is 2.47 bits per heavy atom. The van der Waals surface area contributed by atoms with Crippen LogP contribution in [0.5, 0.6) is 0 Å². The van der Waals surface area contributed by atoms with Crippen LogP contribution in [0.1, 0.15) is 30.0 Å². The SMILES string of the molecule is CC(C)=Cc1c(C(=O)O)nnn1-c1ccc(Cl)cc1. The van der Waals surface area contributed by atoms with E-state index in [4.69, 9.17) is 16.7 Å². The average Bonchev–Trinajstić information content (AvgIpc) is 2.73. The second-order valence-electron chi connectivity index (χ2n) is 4.24. The van der Waals surface area contributed by atoms with Gasteiger partial charge in [-0.2, -0.15) is 0 Å². The van der Waals surface area contributed by atoms with E-state index < -0.39 is 5.97 Å². The quantitative estimate of drug-likeness (QED) is 0.936. The van der Waals surface area contributed by atoms with Crippen molar-refractivity contribution in [1.82, 2.24) is 15.0 Å². The van der Waals surface area contributed by atoms with Gasteiger partial charge in [0.05, 0.1) is 5.69 Å². The summed E-state index contributed by atoms with van der Waals surface area (Å²) in [4.78, 5) is 11.1. The lowest BCUT2D eigenvalue weighted by Gasteiger charge is -2.04. The topological polar surface area (TPSA) is 68.0 Å². The smallest absolute Gasteiger partial charge is 0.358 e. The number of halogens is 1. The molecule has 2 aromatic rings. The number of carboxylic acid groups (broad SMARTS) is 1. The van der Waals surface area contributed by atoms with Gasteiger partial charge >= 0.3 is 5.97 Å². The summed E-state index contributed by atoms with van der Waals surface area (Å²) in [5, 5.41) is 17.3. The second-order valence-corrected chi connectivity index (χ2v) is 4.67. The highest BCUT2D eigenvalue weighted by molar-refractivity contribution is 6.30. The van der Waals surface area contributed by atoms with E-state index in [0.29, 0.717) is 16.4 Å². The van der Waals surface area contributed by atoms with Crippen LogP contribution in [0.2, 0.25) is 5.02 Å². The number of aromatic carboxylic acids is 1. The van der Waals surface area contributed by atoms with Gasteiger partial charge in [-0.3, -0.25) is 0 Å². The lowest BCUT2D eigenvalue weighted by Crippen LogP contribution is -2.03. The van der Waals surface area contributed by atoms with E-state index in [-0.39, 0.29) is 5.69 Å². The Kier molecular flexibility index (Phi) is 3.66. The van der Waals surface area contributed by atoms with Crippen LogP contribution >= 0.6 is 11.6 Å². The van der Waals surface area contributed by atoms with Crippen LogP contribution in [0.15, 0.2) is 29.8 Å². The van der Waals surface area contributed by atoms with Crippen molar-refractivity contribution in [1.29, 1.82) is 0 Å². The number of hydrogen-bond donors (Lipinski definition) is 1. The summed E-state index contributed by atoms with van der Waals surface area (Å²) in [6.07, 6.45) is 1.73. The Hall–Kier alpha value is -2.14. The molecular weight excluding hydrogens is 266 g/mol. The molecule has 0 spiro atoms. The van der Waals surface area contributed by atoms with Gasteiger partial charge in [0.1, 0.15) is 5.69 Å². The van der Waals surface area contributed by atoms with Gasteiger partial charge in [0.25, 0.3) is 0 Å². The molecule has 0 bridgehead atoms. The fourth-order valence-electron chi connectivity index (χ4n) is 1.62. The Morgan fingerprint density at radius 2 is 1.95 bits per heavy atom. The second kappa shape index (κ2) is 5.24. The first-order chi connectivity index (χ1) is 8.99. The summed E-state index contributed by atoms with van der Waals surface area (Å²) < 4.78 is 1.48. The largest absolute Gasteiger partial charge is 0.476 e. The molecule has 1 heterocycles. The minimum atomic E-state index is -1.10. The number of carboxylic acids is 1. The lowest BCUT2D eigenvalue weighted by molar-refractivity contribution is 0.0690. The molecule has 0 unspecified atom stereocenters. The Bertz CT molecular complexity index is 640. The minimum Gasteiger partial charge on any atom is -0.476 e. The summed E-state index contributed by atoms with van der Waals surface area (Å²) in [6.45, 7) is 3.76. The maximum Gasteiger partial charge on any atom is 0.358 e. The molecule has 6 heteroatoms. The van der Waals surface area contributed by atoms with Gasteiger partial charge < -0.3 is 5.11 Å². The van der Waals surface area contributed by atoms with E-state index in [1.807, 2.05) is 13.8 Å². The molecule has 1 aromatic heterocycles. The highest BCUT2D eigenvalue weighted by Crippen LogP contribution is 2.18. The molecule has 0 aliphatic rings. The molecule has 0 fully saturated rings. The normalized spacial score (nSPS) is 10.3. The molecule has 0 radical (unpaired) electrons. The lowest BCUT2D eigenvalue weighted by atomic mass is 10.2. The van der Waals surface area contributed by atoms with Crippen molar-refractivity contribution in [2.75, 3.05) is 0 Å². The first-order valence-corrected chi connectivity index (χ1v) is 5.96. The summed E-state index contributed by atoms with van der Waals surface area (Å²) in [5.41, 5.74) is 2.03. The van der Waals surface area contributed by atoms with Crippen LogP contribution in [-0.2, 0) is 0 Å². The highest BCUT2D eigenvalue weighted by Gasteiger charge is 2.18. The molecule has 0 saturated carbocycles. The first-order valence-electron chi connectivity index (χ1n) is 5.59. The number of hydrogen-bond acceptors (Lipinski definition) is 3. The third-order valence-corrected chi connectivity index (χ3v) is 2.66. The zero-order valence-corrected chi connectivity index (χ0v) is 11.2. The van der Waals surface area contributed by atoms with Crippen LogP contribution in [0.25, 0.3) is 11.8 Å². The Labute approximate surface area is 115 Å². The number of nitrogens with zero attached hydrogens (tertiary/aromatic N) is 3. The van der Waals surface area contributed by atoms with Crippen LogP contribution in [0.4, 0.5) is 0 Å². The molecule has 0 saturated heterocycles. The summed E-state index contributed by atoms with van der Waals surface area (Å²) in [5.74, 6) is -1.10. The van der Waals surface area contributed by atoms with E-state index in [2.05, 4.69) is 10.3 Å². The van der Waals surface area contributed by atoms with E-state index in [9.17, 15) is 4.79 Å². The van der Waals surface area contributed by atoms with Crippen LogP contribution in [0.3, 0.4) is 0 Å². The third-order valence-electron chi connectivity index (χ3n) is 2.40. The van der Waals surface area contributed by atoms with E-state index in [1.54, 1.807) is 30.3 Å². The van der Waals surface area contributed by atoms with Gasteiger partial charge in [0.15, 0.2) is 5.69 Å². The average molecular weight is 278 g/mol. The fourth-order valence-corrected chi connectivity index (χ4v) is 1.74. The molecule has 1 aromatic carbocycles. The van der Waals surface area contributed by atoms with Crippen LogP contribution < -0.4 is 0 Å². The van der Waals surface area contributed by atoms with Crippen molar-refractivity contribution in [2.24, 2.45) is 0 Å². The van der Waals surface area contributed by atoms with Crippen LogP contribution in [-0.4, -0.2) is 26.1 Å². The molecule has 5 nitrogen and oxygen atoms in total. The van der Waals surface area contributed by atoms with Crippen molar-refractivity contribution in [3.63, 3.8) is 0 Å². The number of allylic oxidation sites excluding steroid dienone is 1. The predicted molar refractivity (Wildman–Crippen MR) is 72.7 cm³/mol. The molecule has 0 aliphatic carbocycles. The summed E-state index contributed by atoms with van der Waals surface area (Å²) in [6, 6.07) is 6.94. The van der Waals surface area contributed by atoms with Gasteiger partial charge in [0.2, 0.25) is 0 Å². The highest BCUT2D eigenvalue weighted by atomic mass is 35.5. The zero-order chi connectivity index (χ0) is 14.0. The van der Waals surface area contributed by atoms with E-state index in [0.717, 1.165) is 5.57 Å². The maximum atomic E-state index is 11.1. The number of aromatic nitrogens is 3. The Balaban J connectivity index is 2.60. The van der Waals surface area contributed by atoms with Crippen molar-refractivity contribution < 1.29 is 9.90 Å². The van der Waals surface area contributed by atoms with E-state index in [1.165, 1.54) is 4.68 Å². The number of rotatable bonds is 3. The number of benzene rings is 1. The summed E-state index contributed by atoms with van der Waals surface area (Å²) in [7, 11) is 0. The molecule has 98 valence electrons. The van der Waals surface area contributed by atoms with Gasteiger partial charge in [-0.15, -0.1) is 5.10 Å². The van der Waals surface area contributed by atoms with Gasteiger partial charge in [-0.1, -0.05) is 22.4 Å². The third kappa shape index (κ3) is 2.82. The van der Waals surface area contributed by atoms with Crippen molar-refractivity contribution in [2.45, 2.75) is 13.8 Å². The maximum absolute atomic E-state index is 11.1. The molecular formula is C13H12ClN3O2. The van der Waals surface area contributed by atoms with E-state index >= 15 is 0 Å². The van der Waals surface area contributed by atoms with Gasteiger partial charge in [0, 0.05) is 5.02 Å².